The fourth-order valence-corrected chi connectivity index (χ4v) is 1.09. The van der Waals surface area contributed by atoms with Gasteiger partial charge in [-0.3, -0.25) is 0 Å². The summed E-state index contributed by atoms with van der Waals surface area (Å²) in [6.45, 7) is 2.14. The Labute approximate surface area is 67.3 Å². The molecule has 1 aromatic rings. The zero-order valence-corrected chi connectivity index (χ0v) is 6.67. The van der Waals surface area contributed by atoms with Crippen LogP contribution in [0.2, 0.25) is 0 Å². The molecule has 1 rings (SSSR count). The molecule has 0 bridgehead atoms. The molecule has 0 saturated heterocycles. The molecule has 0 aliphatic heterocycles. The Bertz CT molecular complexity index is 270. The van der Waals surface area contributed by atoms with Crippen molar-refractivity contribution in [2.45, 2.75) is 19.8 Å². The largest absolute Gasteiger partial charge is 0.192 e. The molecule has 56 valence electrons. The van der Waals surface area contributed by atoms with E-state index >= 15 is 0 Å². The molecule has 0 heterocycles. The summed E-state index contributed by atoms with van der Waals surface area (Å²) in [5, 5.41) is 8.58. The summed E-state index contributed by atoms with van der Waals surface area (Å²) in [4.78, 5) is 0. The molecule has 1 heteroatoms. The van der Waals surface area contributed by atoms with Gasteiger partial charge in [0.05, 0.1) is 11.6 Å². The standard InChI is InChI=1S/C10H11N/c1-2-4-9-5-3-6-10(7-9)8-11/h3,5-7H,2,4H2,1H3. The van der Waals surface area contributed by atoms with E-state index in [9.17, 15) is 0 Å². The van der Waals surface area contributed by atoms with E-state index in [1.54, 1.807) is 0 Å². The number of hydrogen-bond acceptors (Lipinski definition) is 1. The molecule has 0 unspecified atom stereocenters. The van der Waals surface area contributed by atoms with Gasteiger partial charge in [-0.25, -0.2) is 0 Å². The highest BCUT2D eigenvalue weighted by atomic mass is 14.2. The van der Waals surface area contributed by atoms with Crippen LogP contribution in [0.4, 0.5) is 0 Å². The van der Waals surface area contributed by atoms with Gasteiger partial charge in [0.2, 0.25) is 0 Å². The first kappa shape index (κ1) is 7.81. The van der Waals surface area contributed by atoms with Crippen LogP contribution in [0.5, 0.6) is 0 Å². The zero-order chi connectivity index (χ0) is 8.10. The summed E-state index contributed by atoms with van der Waals surface area (Å²) in [7, 11) is 0. The number of aryl methyl sites for hydroxylation is 1. The lowest BCUT2D eigenvalue weighted by Crippen LogP contribution is -1.83. The van der Waals surface area contributed by atoms with Gasteiger partial charge < -0.3 is 0 Å². The van der Waals surface area contributed by atoms with E-state index in [1.807, 2.05) is 18.2 Å². The van der Waals surface area contributed by atoms with Gasteiger partial charge in [-0.05, 0) is 24.1 Å². The molecule has 1 aromatic carbocycles. The predicted molar refractivity (Wildman–Crippen MR) is 45.2 cm³/mol. The van der Waals surface area contributed by atoms with Crippen LogP contribution >= 0.6 is 0 Å². The molecule has 0 fully saturated rings. The topological polar surface area (TPSA) is 23.8 Å². The van der Waals surface area contributed by atoms with Crippen molar-refractivity contribution in [3.63, 3.8) is 0 Å². The van der Waals surface area contributed by atoms with Gasteiger partial charge in [-0.15, -0.1) is 0 Å². The first-order valence-electron chi connectivity index (χ1n) is 3.86. The molecule has 0 aromatic heterocycles. The van der Waals surface area contributed by atoms with E-state index in [0.29, 0.717) is 0 Å². The third-order valence-corrected chi connectivity index (χ3v) is 1.59. The van der Waals surface area contributed by atoms with Gasteiger partial charge in [0.1, 0.15) is 0 Å². The molecule has 0 aliphatic rings. The molecule has 1 nitrogen and oxygen atoms in total. The number of nitriles is 1. The summed E-state index contributed by atoms with van der Waals surface area (Å²) in [6.07, 6.45) is 2.20. The lowest BCUT2D eigenvalue weighted by Gasteiger charge is -1.96. The number of benzene rings is 1. The minimum atomic E-state index is 0.760. The minimum absolute atomic E-state index is 0.760. The Hall–Kier alpha value is -1.29. The Morgan fingerprint density at radius 3 is 2.91 bits per heavy atom. The zero-order valence-electron chi connectivity index (χ0n) is 6.67. The second-order valence-corrected chi connectivity index (χ2v) is 2.56. The summed E-state index contributed by atoms with van der Waals surface area (Å²) in [6, 6.07) is 9.90. The van der Waals surface area contributed by atoms with Crippen molar-refractivity contribution in [2.24, 2.45) is 0 Å². The van der Waals surface area contributed by atoms with Crippen LogP contribution in [0.1, 0.15) is 24.5 Å². The Morgan fingerprint density at radius 2 is 2.27 bits per heavy atom. The molecule has 0 atom stereocenters. The molecule has 0 amide bonds. The SMILES string of the molecule is CCCc1cccc(C#N)c1. The maximum absolute atomic E-state index is 8.58. The fourth-order valence-electron chi connectivity index (χ4n) is 1.09. The molecule has 0 saturated carbocycles. The molecule has 0 radical (unpaired) electrons. The summed E-state index contributed by atoms with van der Waals surface area (Å²) < 4.78 is 0. The van der Waals surface area contributed by atoms with Crippen LogP contribution in [0, 0.1) is 11.3 Å². The molecular weight excluding hydrogens is 134 g/mol. The van der Waals surface area contributed by atoms with Gasteiger partial charge in [-0.1, -0.05) is 25.5 Å². The molecule has 0 aliphatic carbocycles. The fraction of sp³-hybridized carbons (Fsp3) is 0.300. The van der Waals surface area contributed by atoms with Gasteiger partial charge in [-0.2, -0.15) is 5.26 Å². The van der Waals surface area contributed by atoms with E-state index in [4.69, 9.17) is 5.26 Å². The summed E-state index contributed by atoms with van der Waals surface area (Å²) >= 11 is 0. The highest BCUT2D eigenvalue weighted by Crippen LogP contribution is 2.05. The van der Waals surface area contributed by atoms with E-state index in [2.05, 4.69) is 19.1 Å². The second-order valence-electron chi connectivity index (χ2n) is 2.56. The van der Waals surface area contributed by atoms with Crippen LogP contribution in [-0.4, -0.2) is 0 Å². The average molecular weight is 145 g/mol. The van der Waals surface area contributed by atoms with E-state index < -0.39 is 0 Å². The Kier molecular flexibility index (Phi) is 2.68. The quantitative estimate of drug-likeness (QED) is 0.627. The van der Waals surface area contributed by atoms with Gasteiger partial charge in [0, 0.05) is 0 Å². The minimum Gasteiger partial charge on any atom is -0.192 e. The highest BCUT2D eigenvalue weighted by molar-refractivity contribution is 5.32. The third kappa shape index (κ3) is 2.09. The first-order valence-corrected chi connectivity index (χ1v) is 3.86. The summed E-state index contributed by atoms with van der Waals surface area (Å²) in [5.41, 5.74) is 2.02. The van der Waals surface area contributed by atoms with Gasteiger partial charge in [0.15, 0.2) is 0 Å². The summed E-state index contributed by atoms with van der Waals surface area (Å²) in [5.74, 6) is 0. The average Bonchev–Trinajstić information content (AvgIpc) is 2.06. The Morgan fingerprint density at radius 1 is 1.45 bits per heavy atom. The van der Waals surface area contributed by atoms with Crippen molar-refractivity contribution >= 4 is 0 Å². The highest BCUT2D eigenvalue weighted by Gasteiger charge is 1.92. The number of rotatable bonds is 2. The maximum atomic E-state index is 8.58. The van der Waals surface area contributed by atoms with Gasteiger partial charge >= 0.3 is 0 Å². The Balaban J connectivity index is 2.85. The van der Waals surface area contributed by atoms with Gasteiger partial charge in [0.25, 0.3) is 0 Å². The molecule has 11 heavy (non-hydrogen) atoms. The first-order chi connectivity index (χ1) is 5.36. The van der Waals surface area contributed by atoms with Crippen LogP contribution in [0.3, 0.4) is 0 Å². The number of nitrogens with zero attached hydrogens (tertiary/aromatic N) is 1. The second kappa shape index (κ2) is 3.78. The van der Waals surface area contributed by atoms with Crippen molar-refractivity contribution in [1.82, 2.24) is 0 Å². The van der Waals surface area contributed by atoms with E-state index in [-0.39, 0.29) is 0 Å². The van der Waals surface area contributed by atoms with Crippen molar-refractivity contribution in [3.8, 4) is 6.07 Å². The lowest BCUT2D eigenvalue weighted by molar-refractivity contribution is 0.921. The van der Waals surface area contributed by atoms with Crippen LogP contribution in [0.15, 0.2) is 24.3 Å². The normalized spacial score (nSPS) is 9.09. The van der Waals surface area contributed by atoms with Crippen LogP contribution in [-0.2, 0) is 6.42 Å². The van der Waals surface area contributed by atoms with Crippen LogP contribution in [0.25, 0.3) is 0 Å². The lowest BCUT2D eigenvalue weighted by atomic mass is 10.1. The van der Waals surface area contributed by atoms with Crippen molar-refractivity contribution in [2.75, 3.05) is 0 Å². The monoisotopic (exact) mass is 145 g/mol. The molecule has 0 N–H and O–H groups in total. The number of hydrogen-bond donors (Lipinski definition) is 0. The van der Waals surface area contributed by atoms with E-state index in [0.717, 1.165) is 18.4 Å². The third-order valence-electron chi connectivity index (χ3n) is 1.59. The molecule has 0 spiro atoms. The van der Waals surface area contributed by atoms with Crippen LogP contribution < -0.4 is 0 Å². The predicted octanol–water partition coefficient (Wildman–Crippen LogP) is 2.51. The van der Waals surface area contributed by atoms with Crippen molar-refractivity contribution in [1.29, 1.82) is 5.26 Å². The smallest absolute Gasteiger partial charge is 0.0991 e. The maximum Gasteiger partial charge on any atom is 0.0991 e. The van der Waals surface area contributed by atoms with Crippen molar-refractivity contribution in [3.05, 3.63) is 35.4 Å². The van der Waals surface area contributed by atoms with E-state index in [1.165, 1.54) is 5.56 Å². The molecular formula is C10H11N. The van der Waals surface area contributed by atoms with Crippen molar-refractivity contribution < 1.29 is 0 Å².